The molecule has 2 aliphatic rings. The number of hydrogen-bond donors (Lipinski definition) is 3. The summed E-state index contributed by atoms with van der Waals surface area (Å²) in [5, 5.41) is 16.7. The summed E-state index contributed by atoms with van der Waals surface area (Å²) in [4.78, 5) is 21.6. The number of nitrogens with one attached hydrogen (secondary N) is 2. The quantitative estimate of drug-likeness (QED) is 0.639. The van der Waals surface area contributed by atoms with Gasteiger partial charge >= 0.3 is 0 Å². The lowest BCUT2D eigenvalue weighted by Gasteiger charge is -2.36. The molecule has 1 amide bonds. The van der Waals surface area contributed by atoms with Gasteiger partial charge in [-0.2, -0.15) is 0 Å². The molecule has 160 valence electrons. The van der Waals surface area contributed by atoms with Gasteiger partial charge in [0.2, 0.25) is 0 Å². The Labute approximate surface area is 178 Å². The minimum Gasteiger partial charge on any atom is -0.390 e. The number of carbonyl (C=O) groups is 1. The highest BCUT2D eigenvalue weighted by atomic mass is 16.3. The van der Waals surface area contributed by atoms with Gasteiger partial charge in [0.15, 0.2) is 0 Å². The van der Waals surface area contributed by atoms with Gasteiger partial charge in [0, 0.05) is 51.0 Å². The molecule has 1 aromatic carbocycles. The van der Waals surface area contributed by atoms with E-state index in [9.17, 15) is 9.90 Å². The number of hydrogen-bond acceptors (Lipinski definition) is 6. The molecule has 2 aromatic rings. The second-order valence-electron chi connectivity index (χ2n) is 8.56. The number of carbonyl (C=O) groups excluding carboxylic acids is 1. The number of likely N-dealkylation sites (N-methyl/N-ethyl adjacent to an activating group) is 1. The normalized spacial score (nSPS) is 18.4. The molecular formula is C23H31N5O2. The first-order valence-corrected chi connectivity index (χ1v) is 10.6. The second-order valence-corrected chi connectivity index (χ2v) is 8.56. The lowest BCUT2D eigenvalue weighted by Crippen LogP contribution is -2.52. The van der Waals surface area contributed by atoms with Crippen LogP contribution in [0, 0.1) is 6.92 Å². The summed E-state index contributed by atoms with van der Waals surface area (Å²) in [6, 6.07) is 10.6. The molecule has 1 atom stereocenters. The van der Waals surface area contributed by atoms with Crippen molar-refractivity contribution in [2.75, 3.05) is 45.1 Å². The third-order valence-electron chi connectivity index (χ3n) is 5.94. The van der Waals surface area contributed by atoms with E-state index in [1.54, 1.807) is 12.3 Å². The summed E-state index contributed by atoms with van der Waals surface area (Å²) in [5.74, 6) is 0.545. The van der Waals surface area contributed by atoms with Crippen LogP contribution in [0.2, 0.25) is 0 Å². The fourth-order valence-electron chi connectivity index (χ4n) is 4.23. The topological polar surface area (TPSA) is 80.7 Å². The molecule has 0 radical (unpaired) electrons. The Morgan fingerprint density at radius 2 is 2.07 bits per heavy atom. The first-order valence-electron chi connectivity index (χ1n) is 10.6. The van der Waals surface area contributed by atoms with E-state index in [0.29, 0.717) is 18.2 Å². The van der Waals surface area contributed by atoms with Crippen LogP contribution in [-0.4, -0.2) is 77.7 Å². The number of rotatable bonds is 7. The van der Waals surface area contributed by atoms with Crippen LogP contribution in [0.5, 0.6) is 0 Å². The summed E-state index contributed by atoms with van der Waals surface area (Å²) in [7, 11) is 2.08. The van der Waals surface area contributed by atoms with Gasteiger partial charge in [0.05, 0.1) is 12.1 Å². The van der Waals surface area contributed by atoms with Crippen LogP contribution in [0.3, 0.4) is 0 Å². The highest BCUT2D eigenvalue weighted by Crippen LogP contribution is 2.19. The SMILES string of the molecule is Cc1cnc(NC2CN(C)C2)cc1C(=O)NCC(O)CN1CCc2ccccc2C1. The molecule has 7 nitrogen and oxygen atoms in total. The number of β-amino-alcohol motifs (C(OH)–C–C–N with tert-alkyl or cyclic N) is 1. The van der Waals surface area contributed by atoms with Crippen molar-refractivity contribution < 1.29 is 9.90 Å². The molecule has 1 fully saturated rings. The fraction of sp³-hybridized carbons (Fsp3) is 0.478. The molecule has 7 heteroatoms. The van der Waals surface area contributed by atoms with Crippen LogP contribution in [0.15, 0.2) is 36.5 Å². The number of aryl methyl sites for hydroxylation is 1. The average molecular weight is 410 g/mol. The van der Waals surface area contributed by atoms with Crippen molar-refractivity contribution in [2.24, 2.45) is 0 Å². The maximum Gasteiger partial charge on any atom is 0.251 e. The maximum absolute atomic E-state index is 12.7. The smallest absolute Gasteiger partial charge is 0.251 e. The predicted molar refractivity (Wildman–Crippen MR) is 118 cm³/mol. The molecular weight excluding hydrogens is 378 g/mol. The zero-order valence-electron chi connectivity index (χ0n) is 17.8. The molecule has 0 aliphatic carbocycles. The van der Waals surface area contributed by atoms with Crippen molar-refractivity contribution in [3.05, 3.63) is 58.8 Å². The summed E-state index contributed by atoms with van der Waals surface area (Å²) >= 11 is 0. The van der Waals surface area contributed by atoms with Gasteiger partial charge in [0.1, 0.15) is 5.82 Å². The van der Waals surface area contributed by atoms with E-state index in [2.05, 4.69) is 56.7 Å². The van der Waals surface area contributed by atoms with Crippen LogP contribution >= 0.6 is 0 Å². The first-order chi connectivity index (χ1) is 14.5. The van der Waals surface area contributed by atoms with Gasteiger partial charge in [0.25, 0.3) is 5.91 Å². The Bertz CT molecular complexity index is 897. The van der Waals surface area contributed by atoms with Crippen molar-refractivity contribution in [1.29, 1.82) is 0 Å². The lowest BCUT2D eigenvalue weighted by molar-refractivity contribution is 0.0841. The predicted octanol–water partition coefficient (Wildman–Crippen LogP) is 1.26. The third kappa shape index (κ3) is 4.98. The van der Waals surface area contributed by atoms with E-state index in [1.165, 1.54) is 11.1 Å². The zero-order chi connectivity index (χ0) is 21.1. The van der Waals surface area contributed by atoms with E-state index in [0.717, 1.165) is 44.0 Å². The largest absolute Gasteiger partial charge is 0.390 e. The second kappa shape index (κ2) is 9.12. The molecule has 1 aromatic heterocycles. The fourth-order valence-corrected chi connectivity index (χ4v) is 4.23. The van der Waals surface area contributed by atoms with Crippen LogP contribution in [0.4, 0.5) is 5.82 Å². The van der Waals surface area contributed by atoms with E-state index in [-0.39, 0.29) is 12.5 Å². The number of amides is 1. The van der Waals surface area contributed by atoms with Crippen LogP contribution < -0.4 is 10.6 Å². The standard InChI is InChI=1S/C23H31N5O2/c1-16-10-24-22(26-19-13-27(2)14-19)9-21(16)23(30)25-11-20(29)15-28-8-7-17-5-3-4-6-18(17)12-28/h3-6,9-10,19-20,29H,7-8,11-15H2,1-2H3,(H,24,26)(H,25,30). The molecule has 3 N–H and O–H groups in total. The van der Waals surface area contributed by atoms with Crippen molar-refractivity contribution in [2.45, 2.75) is 32.0 Å². The number of aliphatic hydroxyl groups excluding tert-OH is 1. The number of aliphatic hydroxyl groups is 1. The number of fused-ring (bicyclic) bond motifs is 1. The number of aromatic nitrogens is 1. The monoisotopic (exact) mass is 409 g/mol. The van der Waals surface area contributed by atoms with Gasteiger partial charge in [-0.1, -0.05) is 24.3 Å². The molecule has 1 saturated heterocycles. The number of anilines is 1. The molecule has 4 rings (SSSR count). The van der Waals surface area contributed by atoms with Crippen molar-refractivity contribution >= 4 is 11.7 Å². The molecule has 0 spiro atoms. The summed E-state index contributed by atoms with van der Waals surface area (Å²) in [6.45, 7) is 6.38. The number of benzene rings is 1. The van der Waals surface area contributed by atoms with E-state index < -0.39 is 6.10 Å². The first kappa shape index (κ1) is 20.8. The zero-order valence-corrected chi connectivity index (χ0v) is 17.8. The Hall–Kier alpha value is -2.48. The highest BCUT2D eigenvalue weighted by molar-refractivity contribution is 5.96. The lowest BCUT2D eigenvalue weighted by atomic mass is 10.00. The Morgan fingerprint density at radius 3 is 2.83 bits per heavy atom. The Balaban J connectivity index is 1.28. The van der Waals surface area contributed by atoms with Crippen molar-refractivity contribution in [3.63, 3.8) is 0 Å². The maximum atomic E-state index is 12.7. The molecule has 30 heavy (non-hydrogen) atoms. The number of pyridine rings is 1. The van der Waals surface area contributed by atoms with Gasteiger partial charge in [-0.3, -0.25) is 9.69 Å². The van der Waals surface area contributed by atoms with Gasteiger partial charge in [-0.15, -0.1) is 0 Å². The van der Waals surface area contributed by atoms with Crippen LogP contribution in [0.25, 0.3) is 0 Å². The summed E-state index contributed by atoms with van der Waals surface area (Å²) in [6.07, 6.45) is 2.11. The van der Waals surface area contributed by atoms with Gasteiger partial charge in [-0.25, -0.2) is 4.98 Å². The van der Waals surface area contributed by atoms with Gasteiger partial charge in [-0.05, 0) is 43.1 Å². The third-order valence-corrected chi connectivity index (χ3v) is 5.94. The minimum atomic E-state index is -0.607. The van der Waals surface area contributed by atoms with Crippen molar-refractivity contribution in [1.82, 2.24) is 20.1 Å². The van der Waals surface area contributed by atoms with E-state index in [4.69, 9.17) is 0 Å². The van der Waals surface area contributed by atoms with Crippen LogP contribution in [-0.2, 0) is 13.0 Å². The molecule has 3 heterocycles. The van der Waals surface area contributed by atoms with Crippen LogP contribution in [0.1, 0.15) is 27.0 Å². The summed E-state index contributed by atoms with van der Waals surface area (Å²) < 4.78 is 0. The summed E-state index contributed by atoms with van der Waals surface area (Å²) in [5.41, 5.74) is 4.14. The van der Waals surface area contributed by atoms with E-state index in [1.807, 2.05) is 6.92 Å². The highest BCUT2D eigenvalue weighted by Gasteiger charge is 2.24. The average Bonchev–Trinajstić information content (AvgIpc) is 2.72. The minimum absolute atomic E-state index is 0.174. The molecule has 0 saturated carbocycles. The number of likely N-dealkylation sites (tertiary alicyclic amines) is 1. The molecule has 1 unspecified atom stereocenters. The number of nitrogens with zero attached hydrogens (tertiary/aromatic N) is 3. The molecule has 2 aliphatic heterocycles. The van der Waals surface area contributed by atoms with Crippen molar-refractivity contribution in [3.8, 4) is 0 Å². The van der Waals surface area contributed by atoms with E-state index >= 15 is 0 Å². The van der Waals surface area contributed by atoms with Gasteiger partial charge < -0.3 is 20.6 Å². The molecule has 0 bridgehead atoms. The Morgan fingerprint density at radius 1 is 1.30 bits per heavy atom. The Kier molecular flexibility index (Phi) is 6.32.